The zero-order chi connectivity index (χ0) is 40.3. The van der Waals surface area contributed by atoms with E-state index in [0.29, 0.717) is 13.2 Å². The lowest BCUT2D eigenvalue weighted by Gasteiger charge is -2.33. The molecule has 57 heavy (non-hydrogen) atoms. The molecule has 6 nitrogen and oxygen atoms in total. The van der Waals surface area contributed by atoms with Crippen LogP contribution in [0.25, 0.3) is 23.3 Å². The number of methoxy groups -OCH3 is 2. The average molecular weight is 901 g/mol. The molecule has 0 saturated carbocycles. The summed E-state index contributed by atoms with van der Waals surface area (Å²) < 4.78 is 23.6. The molecule has 0 heterocycles. The van der Waals surface area contributed by atoms with Crippen molar-refractivity contribution in [2.75, 3.05) is 27.4 Å². The van der Waals surface area contributed by atoms with Crippen LogP contribution in [0, 0.1) is 0 Å². The fourth-order valence-corrected chi connectivity index (χ4v) is 8.49. The van der Waals surface area contributed by atoms with Crippen LogP contribution in [-0.4, -0.2) is 39.4 Å². The van der Waals surface area contributed by atoms with E-state index in [1.807, 2.05) is 48.5 Å². The topological polar surface area (TPSA) is 71.1 Å². The van der Waals surface area contributed by atoms with E-state index < -0.39 is 0 Å². The molecule has 302 valence electrons. The SMILES string of the molecule is COC(=O)/C=C/c1ccc(OCCCCCCCCC2(CCCCCCCCOc3ccc(/C=C/C(=O)OC)cc3)c3cc(Br)ccc3-c3ccc(Br)cc32)cc1. The number of rotatable bonds is 24. The first-order chi connectivity index (χ1) is 27.8. The van der Waals surface area contributed by atoms with Crippen molar-refractivity contribution in [3.8, 4) is 22.6 Å². The fraction of sp³-hybridized carbons (Fsp3) is 0.388. The van der Waals surface area contributed by atoms with E-state index in [1.165, 1.54) is 100.0 Å². The van der Waals surface area contributed by atoms with Crippen LogP contribution >= 0.6 is 31.9 Å². The van der Waals surface area contributed by atoms with Crippen molar-refractivity contribution in [1.82, 2.24) is 0 Å². The smallest absolute Gasteiger partial charge is 0.330 e. The molecule has 0 spiro atoms. The van der Waals surface area contributed by atoms with Crippen LogP contribution in [0.3, 0.4) is 0 Å². The highest BCUT2D eigenvalue weighted by atomic mass is 79.9. The number of carbonyl (C=O) groups is 2. The lowest BCUT2D eigenvalue weighted by Crippen LogP contribution is -2.25. The van der Waals surface area contributed by atoms with Crippen LogP contribution in [-0.2, 0) is 24.5 Å². The van der Waals surface area contributed by atoms with Gasteiger partial charge in [0.05, 0.1) is 27.4 Å². The van der Waals surface area contributed by atoms with Crippen molar-refractivity contribution in [3.05, 3.63) is 128 Å². The first kappa shape index (κ1) is 44.0. The van der Waals surface area contributed by atoms with Crippen LogP contribution < -0.4 is 9.47 Å². The van der Waals surface area contributed by atoms with Crippen LogP contribution in [0.5, 0.6) is 11.5 Å². The van der Waals surface area contributed by atoms with Crippen molar-refractivity contribution in [3.63, 3.8) is 0 Å². The summed E-state index contributed by atoms with van der Waals surface area (Å²) >= 11 is 7.64. The van der Waals surface area contributed by atoms with E-state index in [2.05, 4.69) is 77.7 Å². The normalized spacial score (nSPS) is 12.8. The van der Waals surface area contributed by atoms with Gasteiger partial charge in [-0.05, 0) is 120 Å². The second-order valence-corrected chi connectivity index (χ2v) is 16.6. The summed E-state index contributed by atoms with van der Waals surface area (Å²) in [7, 11) is 2.75. The third-order valence-corrected chi connectivity index (χ3v) is 11.8. The van der Waals surface area contributed by atoms with Crippen LogP contribution in [0.1, 0.15) is 112 Å². The molecular weight excluding hydrogens is 844 g/mol. The lowest BCUT2D eigenvalue weighted by atomic mass is 9.70. The van der Waals surface area contributed by atoms with Gasteiger partial charge in [0.15, 0.2) is 0 Å². The van der Waals surface area contributed by atoms with Gasteiger partial charge in [0.25, 0.3) is 0 Å². The first-order valence-corrected chi connectivity index (χ1v) is 22.0. The zero-order valence-electron chi connectivity index (χ0n) is 33.4. The van der Waals surface area contributed by atoms with Crippen molar-refractivity contribution in [2.24, 2.45) is 0 Å². The standard InChI is InChI=1S/C49H56Br2O6/c1-54-47(52)29-19-37-15-23-41(24-16-37)56-33-13-9-5-3-7-11-31-49(45-35-39(50)21-27-43(45)44-28-22-40(51)36-46(44)49)32-12-8-4-6-10-14-34-57-42-25-17-38(18-26-42)20-30-48(53)55-2/h15-30,35-36H,3-14,31-34H2,1-2H3/b29-19+,30-20+. The van der Waals surface area contributed by atoms with Crippen molar-refractivity contribution in [1.29, 1.82) is 0 Å². The van der Waals surface area contributed by atoms with Crippen LogP contribution in [0.15, 0.2) is 106 Å². The molecule has 4 aromatic carbocycles. The monoisotopic (exact) mass is 898 g/mol. The Kier molecular flexibility index (Phi) is 18.0. The number of hydrogen-bond acceptors (Lipinski definition) is 6. The minimum Gasteiger partial charge on any atom is -0.494 e. The molecule has 0 fully saturated rings. The van der Waals surface area contributed by atoms with Gasteiger partial charge in [-0.15, -0.1) is 0 Å². The highest BCUT2D eigenvalue weighted by Gasteiger charge is 2.42. The molecule has 4 aromatic rings. The fourth-order valence-electron chi connectivity index (χ4n) is 7.77. The second kappa shape index (κ2) is 23.3. The van der Waals surface area contributed by atoms with Gasteiger partial charge < -0.3 is 18.9 Å². The maximum atomic E-state index is 11.3. The van der Waals surface area contributed by atoms with Gasteiger partial charge in [0, 0.05) is 26.5 Å². The molecule has 1 aliphatic rings. The molecule has 0 unspecified atom stereocenters. The summed E-state index contributed by atoms with van der Waals surface area (Å²) in [6, 6.07) is 29.3. The maximum absolute atomic E-state index is 11.3. The van der Waals surface area contributed by atoms with E-state index in [9.17, 15) is 9.59 Å². The number of benzene rings is 4. The molecule has 0 saturated heterocycles. The predicted octanol–water partition coefficient (Wildman–Crippen LogP) is 13.5. The van der Waals surface area contributed by atoms with Gasteiger partial charge in [-0.25, -0.2) is 9.59 Å². The van der Waals surface area contributed by atoms with Crippen LogP contribution in [0.4, 0.5) is 0 Å². The zero-order valence-corrected chi connectivity index (χ0v) is 36.6. The Morgan fingerprint density at radius 3 is 1.26 bits per heavy atom. The largest absolute Gasteiger partial charge is 0.494 e. The number of fused-ring (bicyclic) bond motifs is 3. The summed E-state index contributed by atoms with van der Waals surface area (Å²) in [6.45, 7) is 1.42. The van der Waals surface area contributed by atoms with Gasteiger partial charge in [-0.3, -0.25) is 0 Å². The number of unbranched alkanes of at least 4 members (excludes halogenated alkanes) is 10. The third kappa shape index (κ3) is 13.5. The molecule has 5 rings (SSSR count). The highest BCUT2D eigenvalue weighted by Crippen LogP contribution is 2.55. The summed E-state index contributed by atoms with van der Waals surface area (Å²) in [5, 5.41) is 0. The van der Waals surface area contributed by atoms with Crippen LogP contribution in [0.2, 0.25) is 0 Å². The molecule has 0 bridgehead atoms. The Balaban J connectivity index is 1.04. The second-order valence-electron chi connectivity index (χ2n) is 14.8. The van der Waals surface area contributed by atoms with Gasteiger partial charge >= 0.3 is 11.9 Å². The van der Waals surface area contributed by atoms with E-state index >= 15 is 0 Å². The summed E-state index contributed by atoms with van der Waals surface area (Å²) in [5.74, 6) is 0.974. The Morgan fingerprint density at radius 1 is 0.509 bits per heavy atom. The Hall–Kier alpha value is -4.14. The first-order valence-electron chi connectivity index (χ1n) is 20.4. The molecule has 0 radical (unpaired) electrons. The van der Waals surface area contributed by atoms with E-state index in [-0.39, 0.29) is 17.4 Å². The Bertz CT molecular complexity index is 1790. The van der Waals surface area contributed by atoms with Gasteiger partial charge in [0.1, 0.15) is 11.5 Å². The molecule has 0 atom stereocenters. The number of ether oxygens (including phenoxy) is 4. The van der Waals surface area contributed by atoms with Gasteiger partial charge in [-0.2, -0.15) is 0 Å². The molecule has 1 aliphatic carbocycles. The summed E-state index contributed by atoms with van der Waals surface area (Å²) in [5.41, 5.74) is 7.64. The lowest BCUT2D eigenvalue weighted by molar-refractivity contribution is -0.135. The number of carbonyl (C=O) groups excluding carboxylic acids is 2. The summed E-state index contributed by atoms with van der Waals surface area (Å²) in [6.07, 6.45) is 22.8. The number of halogens is 2. The maximum Gasteiger partial charge on any atom is 0.330 e. The minimum absolute atomic E-state index is 0.0230. The number of hydrogen-bond donors (Lipinski definition) is 0. The molecular formula is C49H56Br2O6. The average Bonchev–Trinajstić information content (AvgIpc) is 3.48. The molecule has 0 amide bonds. The molecule has 8 heteroatoms. The quantitative estimate of drug-likeness (QED) is 0.0396. The highest BCUT2D eigenvalue weighted by molar-refractivity contribution is 9.10. The Labute approximate surface area is 356 Å². The molecule has 0 aromatic heterocycles. The van der Waals surface area contributed by atoms with Gasteiger partial charge in [-0.1, -0.05) is 132 Å². The third-order valence-electron chi connectivity index (χ3n) is 10.8. The van der Waals surface area contributed by atoms with E-state index in [0.717, 1.165) is 70.1 Å². The van der Waals surface area contributed by atoms with E-state index in [1.54, 1.807) is 12.2 Å². The summed E-state index contributed by atoms with van der Waals surface area (Å²) in [4.78, 5) is 22.6. The molecule has 0 aliphatic heterocycles. The van der Waals surface area contributed by atoms with Crippen molar-refractivity contribution < 1.29 is 28.5 Å². The van der Waals surface area contributed by atoms with Crippen molar-refractivity contribution >= 4 is 56.0 Å². The van der Waals surface area contributed by atoms with E-state index in [4.69, 9.17) is 9.47 Å². The minimum atomic E-state index is -0.364. The van der Waals surface area contributed by atoms with Crippen molar-refractivity contribution in [2.45, 2.75) is 95.3 Å². The van der Waals surface area contributed by atoms with Gasteiger partial charge in [0.2, 0.25) is 0 Å². The number of esters is 2. The Morgan fingerprint density at radius 2 is 0.877 bits per heavy atom. The molecule has 0 N–H and O–H groups in total. The predicted molar refractivity (Wildman–Crippen MR) is 239 cm³/mol.